The van der Waals surface area contributed by atoms with Crippen LogP contribution >= 0.6 is 15.9 Å². The lowest BCUT2D eigenvalue weighted by Crippen LogP contribution is -2.28. The van der Waals surface area contributed by atoms with Crippen LogP contribution in [0.2, 0.25) is 0 Å². The zero-order chi connectivity index (χ0) is 11.5. The summed E-state index contributed by atoms with van der Waals surface area (Å²) in [5.74, 6) is -1.21. The van der Waals surface area contributed by atoms with E-state index in [1.807, 2.05) is 0 Å². The number of ether oxygens (including phenoxy) is 1. The van der Waals surface area contributed by atoms with E-state index in [0.29, 0.717) is 11.1 Å². The molecule has 0 saturated carbocycles. The van der Waals surface area contributed by atoms with Crippen molar-refractivity contribution in [2.24, 2.45) is 0 Å². The third-order valence-electron chi connectivity index (χ3n) is 2.55. The number of hydrogen-bond donors (Lipinski definition) is 1. The van der Waals surface area contributed by atoms with Gasteiger partial charge in [0, 0.05) is 12.1 Å². The van der Waals surface area contributed by atoms with Crippen LogP contribution in [0.5, 0.6) is 5.75 Å². The number of rotatable bonds is 3. The van der Waals surface area contributed by atoms with Crippen LogP contribution in [-0.2, 0) is 0 Å². The maximum Gasteiger partial charge on any atom is 0.169 e. The molecule has 1 unspecified atom stereocenters. The first-order valence-electron chi connectivity index (χ1n) is 5.17. The molecule has 1 aliphatic heterocycles. The average molecular weight is 292 g/mol. The molecule has 1 aromatic carbocycles. The van der Waals surface area contributed by atoms with Gasteiger partial charge in [0.1, 0.15) is 12.4 Å². The zero-order valence-corrected chi connectivity index (χ0v) is 10.2. The van der Waals surface area contributed by atoms with E-state index in [1.54, 1.807) is 0 Å². The lowest BCUT2D eigenvalue weighted by molar-refractivity contribution is 0.263. The van der Waals surface area contributed by atoms with Gasteiger partial charge in [0.15, 0.2) is 11.6 Å². The molecular weight excluding hydrogens is 280 g/mol. The van der Waals surface area contributed by atoms with E-state index in [9.17, 15) is 8.78 Å². The molecule has 88 valence electrons. The maximum absolute atomic E-state index is 13.4. The predicted molar refractivity (Wildman–Crippen MR) is 60.6 cm³/mol. The fourth-order valence-corrected chi connectivity index (χ4v) is 2.27. The molecule has 0 radical (unpaired) electrons. The quantitative estimate of drug-likeness (QED) is 0.925. The minimum Gasteiger partial charge on any atom is -0.488 e. The molecule has 1 heterocycles. The third-order valence-corrected chi connectivity index (χ3v) is 3.14. The van der Waals surface area contributed by atoms with Crippen LogP contribution in [0.25, 0.3) is 0 Å². The van der Waals surface area contributed by atoms with Crippen molar-refractivity contribution in [3.8, 4) is 5.75 Å². The van der Waals surface area contributed by atoms with Crippen molar-refractivity contribution in [1.82, 2.24) is 5.32 Å². The molecule has 1 N–H and O–H groups in total. The van der Waals surface area contributed by atoms with E-state index in [1.165, 1.54) is 6.07 Å². The number of hydrogen-bond acceptors (Lipinski definition) is 2. The summed E-state index contributed by atoms with van der Waals surface area (Å²) in [6.07, 6.45) is 2.14. The molecule has 0 spiro atoms. The highest BCUT2D eigenvalue weighted by molar-refractivity contribution is 9.10. The van der Waals surface area contributed by atoms with Gasteiger partial charge in [-0.25, -0.2) is 8.78 Å². The molecule has 1 aliphatic rings. The maximum atomic E-state index is 13.4. The lowest BCUT2D eigenvalue weighted by Gasteiger charge is -2.13. The Bertz CT molecular complexity index is 357. The summed E-state index contributed by atoms with van der Waals surface area (Å²) in [5.41, 5.74) is 0. The summed E-state index contributed by atoms with van der Waals surface area (Å²) in [4.78, 5) is 0. The molecule has 0 aromatic heterocycles. The molecular formula is C11H12BrF2NO. The Hall–Kier alpha value is -0.680. The highest BCUT2D eigenvalue weighted by atomic mass is 79.9. The van der Waals surface area contributed by atoms with Gasteiger partial charge in [-0.1, -0.05) is 0 Å². The smallest absolute Gasteiger partial charge is 0.169 e. The van der Waals surface area contributed by atoms with Crippen LogP contribution in [0.3, 0.4) is 0 Å². The molecule has 2 nitrogen and oxygen atoms in total. The molecule has 1 aromatic rings. The van der Waals surface area contributed by atoms with Crippen molar-refractivity contribution >= 4 is 15.9 Å². The molecule has 2 rings (SSSR count). The summed E-state index contributed by atoms with van der Waals surface area (Å²) in [6, 6.07) is 2.28. The van der Waals surface area contributed by atoms with E-state index < -0.39 is 11.6 Å². The van der Waals surface area contributed by atoms with Gasteiger partial charge in [0.2, 0.25) is 0 Å². The second kappa shape index (κ2) is 5.10. The van der Waals surface area contributed by atoms with Gasteiger partial charge in [0.05, 0.1) is 4.47 Å². The molecule has 1 fully saturated rings. The highest BCUT2D eigenvalue weighted by Crippen LogP contribution is 2.29. The van der Waals surface area contributed by atoms with Gasteiger partial charge in [-0.15, -0.1) is 0 Å². The summed E-state index contributed by atoms with van der Waals surface area (Å²) >= 11 is 3.08. The zero-order valence-electron chi connectivity index (χ0n) is 8.60. The Balaban J connectivity index is 2.03. The Kier molecular flexibility index (Phi) is 3.76. The van der Waals surface area contributed by atoms with Crippen LogP contribution in [0, 0.1) is 11.6 Å². The number of nitrogens with one attached hydrogen (secondary N) is 1. The average Bonchev–Trinajstić information content (AvgIpc) is 2.68. The fraction of sp³-hybridized carbons (Fsp3) is 0.455. The van der Waals surface area contributed by atoms with Crippen molar-refractivity contribution in [2.75, 3.05) is 13.2 Å². The molecule has 1 saturated heterocycles. The Morgan fingerprint density at radius 2 is 2.25 bits per heavy atom. The van der Waals surface area contributed by atoms with Crippen molar-refractivity contribution in [3.05, 3.63) is 28.2 Å². The van der Waals surface area contributed by atoms with Crippen molar-refractivity contribution < 1.29 is 13.5 Å². The van der Waals surface area contributed by atoms with Crippen molar-refractivity contribution in [3.63, 3.8) is 0 Å². The van der Waals surface area contributed by atoms with Gasteiger partial charge < -0.3 is 10.1 Å². The minimum absolute atomic E-state index is 0.0788. The molecule has 16 heavy (non-hydrogen) atoms. The van der Waals surface area contributed by atoms with Crippen molar-refractivity contribution in [2.45, 2.75) is 18.9 Å². The number of halogens is 3. The lowest BCUT2D eigenvalue weighted by atomic mass is 10.2. The van der Waals surface area contributed by atoms with Crippen molar-refractivity contribution in [1.29, 1.82) is 0 Å². The van der Waals surface area contributed by atoms with Gasteiger partial charge in [-0.3, -0.25) is 0 Å². The van der Waals surface area contributed by atoms with Crippen LogP contribution < -0.4 is 10.1 Å². The molecule has 1 atom stereocenters. The number of benzene rings is 1. The first kappa shape index (κ1) is 11.8. The van der Waals surface area contributed by atoms with Gasteiger partial charge >= 0.3 is 0 Å². The summed E-state index contributed by atoms with van der Waals surface area (Å²) in [6.45, 7) is 1.38. The first-order chi connectivity index (χ1) is 7.66. The van der Waals surface area contributed by atoms with E-state index in [4.69, 9.17) is 4.74 Å². The molecule has 0 aliphatic carbocycles. The summed E-state index contributed by atoms with van der Waals surface area (Å²) in [7, 11) is 0. The van der Waals surface area contributed by atoms with E-state index in [0.717, 1.165) is 25.5 Å². The van der Waals surface area contributed by atoms with E-state index >= 15 is 0 Å². The first-order valence-corrected chi connectivity index (χ1v) is 5.97. The second-order valence-electron chi connectivity index (χ2n) is 3.80. The predicted octanol–water partition coefficient (Wildman–Crippen LogP) is 2.86. The Morgan fingerprint density at radius 1 is 1.44 bits per heavy atom. The summed E-state index contributed by atoms with van der Waals surface area (Å²) < 4.78 is 31.8. The van der Waals surface area contributed by atoms with Gasteiger partial charge in [-0.2, -0.15) is 0 Å². The highest BCUT2D eigenvalue weighted by Gasteiger charge is 2.17. The van der Waals surface area contributed by atoms with Crippen LogP contribution in [0.15, 0.2) is 16.6 Å². The van der Waals surface area contributed by atoms with Gasteiger partial charge in [-0.05, 0) is 41.4 Å². The standard InChI is InChI=1S/C11H12BrF2NO/c12-9-4-7(13)5-10(14)11(9)16-6-8-2-1-3-15-8/h4-5,8,15H,1-3,6H2. The largest absolute Gasteiger partial charge is 0.488 e. The molecule has 0 bridgehead atoms. The fourth-order valence-electron chi connectivity index (χ4n) is 1.75. The van der Waals surface area contributed by atoms with E-state index in [2.05, 4.69) is 21.2 Å². The SMILES string of the molecule is Fc1cc(F)c(OCC2CCCN2)c(Br)c1. The van der Waals surface area contributed by atoms with Crippen LogP contribution in [-0.4, -0.2) is 19.2 Å². The van der Waals surface area contributed by atoms with Crippen LogP contribution in [0.1, 0.15) is 12.8 Å². The second-order valence-corrected chi connectivity index (χ2v) is 4.66. The van der Waals surface area contributed by atoms with Crippen LogP contribution in [0.4, 0.5) is 8.78 Å². The van der Waals surface area contributed by atoms with E-state index in [-0.39, 0.29) is 11.8 Å². The minimum atomic E-state index is -0.676. The third kappa shape index (κ3) is 2.71. The Labute approximate surface area is 101 Å². The molecule has 5 heteroatoms. The monoisotopic (exact) mass is 291 g/mol. The topological polar surface area (TPSA) is 21.3 Å². The summed E-state index contributed by atoms with van der Waals surface area (Å²) in [5, 5.41) is 3.24. The normalized spacial score (nSPS) is 20.1. The van der Waals surface area contributed by atoms with Gasteiger partial charge in [0.25, 0.3) is 0 Å². The Morgan fingerprint density at radius 3 is 2.88 bits per heavy atom. The molecule has 0 amide bonds.